The van der Waals surface area contributed by atoms with Crippen LogP contribution in [0, 0.1) is 6.92 Å². The van der Waals surface area contributed by atoms with Gasteiger partial charge in [0.2, 0.25) is 11.2 Å². The molecule has 0 aliphatic heterocycles. The molecule has 1 saturated carbocycles. The highest BCUT2D eigenvalue weighted by Gasteiger charge is 2.18. The third kappa shape index (κ3) is 4.82. The van der Waals surface area contributed by atoms with Crippen molar-refractivity contribution < 1.29 is 23.4 Å². The highest BCUT2D eigenvalue weighted by Crippen LogP contribution is 2.25. The highest BCUT2D eigenvalue weighted by atomic mass is 16.6. The van der Waals surface area contributed by atoms with E-state index in [2.05, 4.69) is 0 Å². The van der Waals surface area contributed by atoms with Crippen molar-refractivity contribution in [1.82, 2.24) is 0 Å². The van der Waals surface area contributed by atoms with E-state index in [9.17, 15) is 9.59 Å². The van der Waals surface area contributed by atoms with Crippen LogP contribution in [-0.4, -0.2) is 18.7 Å². The molecule has 0 amide bonds. The Bertz CT molecular complexity index is 1080. The van der Waals surface area contributed by atoms with Gasteiger partial charge in [0.05, 0.1) is 5.39 Å². The lowest BCUT2D eigenvalue weighted by Crippen LogP contribution is -2.24. The zero-order chi connectivity index (χ0) is 20.9. The predicted molar refractivity (Wildman–Crippen MR) is 112 cm³/mol. The zero-order valence-corrected chi connectivity index (χ0v) is 16.9. The number of carbonyl (C=O) groups is 1. The number of hydrogen-bond acceptors (Lipinski definition) is 6. The molecule has 0 bridgehead atoms. The van der Waals surface area contributed by atoms with Gasteiger partial charge in [-0.15, -0.1) is 0 Å². The van der Waals surface area contributed by atoms with Crippen molar-refractivity contribution in [2.45, 2.75) is 45.1 Å². The van der Waals surface area contributed by atoms with Crippen LogP contribution < -0.4 is 14.9 Å². The van der Waals surface area contributed by atoms with Crippen LogP contribution in [0.15, 0.2) is 57.9 Å². The molecule has 6 heteroatoms. The minimum atomic E-state index is -0.384. The smallest absolute Gasteiger partial charge is 0.344 e. The molecule has 3 aromatic rings. The van der Waals surface area contributed by atoms with Crippen LogP contribution >= 0.6 is 0 Å². The number of fused-ring (bicyclic) bond motifs is 1. The fourth-order valence-electron chi connectivity index (χ4n) is 3.53. The summed E-state index contributed by atoms with van der Waals surface area (Å²) in [4.78, 5) is 24.7. The fourth-order valence-corrected chi connectivity index (χ4v) is 3.53. The third-order valence-corrected chi connectivity index (χ3v) is 5.17. The molecule has 1 aliphatic carbocycles. The molecule has 30 heavy (non-hydrogen) atoms. The molecule has 1 heterocycles. The second-order valence-electron chi connectivity index (χ2n) is 7.54. The van der Waals surface area contributed by atoms with E-state index in [0.717, 1.165) is 31.2 Å². The van der Waals surface area contributed by atoms with Crippen LogP contribution in [0.25, 0.3) is 11.0 Å². The van der Waals surface area contributed by atoms with Crippen molar-refractivity contribution in [2.75, 3.05) is 6.61 Å². The molecule has 6 nitrogen and oxygen atoms in total. The quantitative estimate of drug-likeness (QED) is 0.525. The Morgan fingerprint density at radius 2 is 1.77 bits per heavy atom. The summed E-state index contributed by atoms with van der Waals surface area (Å²) in [6.45, 7) is 1.80. The average molecular weight is 408 g/mol. The summed E-state index contributed by atoms with van der Waals surface area (Å²) in [6.07, 6.45) is 6.50. The number of ether oxygens (including phenoxy) is 3. The summed E-state index contributed by atoms with van der Waals surface area (Å²) in [6, 6.07) is 12.2. The highest BCUT2D eigenvalue weighted by molar-refractivity contribution is 5.79. The number of aryl methyl sites for hydroxylation is 1. The second-order valence-corrected chi connectivity index (χ2v) is 7.54. The Balaban J connectivity index is 1.42. The van der Waals surface area contributed by atoms with Gasteiger partial charge in [-0.25, -0.2) is 4.79 Å². The van der Waals surface area contributed by atoms with Gasteiger partial charge in [0.25, 0.3) is 0 Å². The van der Waals surface area contributed by atoms with Gasteiger partial charge in [0, 0.05) is 6.07 Å². The zero-order valence-electron chi connectivity index (χ0n) is 16.9. The van der Waals surface area contributed by atoms with E-state index in [0.29, 0.717) is 22.5 Å². The second kappa shape index (κ2) is 9.03. The lowest BCUT2D eigenvalue weighted by Gasteiger charge is -2.21. The van der Waals surface area contributed by atoms with Crippen LogP contribution in [0.5, 0.6) is 17.2 Å². The van der Waals surface area contributed by atoms with Gasteiger partial charge < -0.3 is 18.6 Å². The first kappa shape index (κ1) is 20.0. The summed E-state index contributed by atoms with van der Waals surface area (Å²) in [7, 11) is 0. The maximum absolute atomic E-state index is 12.7. The van der Waals surface area contributed by atoms with Gasteiger partial charge >= 0.3 is 5.97 Å². The van der Waals surface area contributed by atoms with E-state index in [1.165, 1.54) is 12.7 Å². The molecule has 1 aromatic heterocycles. The first-order chi connectivity index (χ1) is 14.6. The predicted octanol–water partition coefficient (Wildman–Crippen LogP) is 5.15. The Hall–Kier alpha value is -3.28. The number of rotatable bonds is 6. The topological polar surface area (TPSA) is 75.0 Å². The van der Waals surface area contributed by atoms with Crippen LogP contribution in [-0.2, 0) is 9.53 Å². The van der Waals surface area contributed by atoms with E-state index >= 15 is 0 Å². The number of benzene rings is 2. The number of esters is 1. The molecular weight excluding hydrogens is 384 g/mol. The number of carbonyl (C=O) groups excluding carboxylic acids is 1. The summed E-state index contributed by atoms with van der Waals surface area (Å²) >= 11 is 0. The molecule has 0 radical (unpaired) electrons. The molecule has 0 spiro atoms. The molecule has 4 rings (SSSR count). The van der Waals surface area contributed by atoms with Crippen LogP contribution in [0.2, 0.25) is 0 Å². The van der Waals surface area contributed by atoms with E-state index in [1.54, 1.807) is 30.3 Å². The summed E-state index contributed by atoms with van der Waals surface area (Å²) in [5.74, 6) is 0.712. The lowest BCUT2D eigenvalue weighted by molar-refractivity contribution is -0.152. The van der Waals surface area contributed by atoms with Gasteiger partial charge in [-0.3, -0.25) is 4.79 Å². The molecule has 1 fully saturated rings. The molecule has 1 aliphatic rings. The maximum atomic E-state index is 12.7. The van der Waals surface area contributed by atoms with Gasteiger partial charge in [0.1, 0.15) is 29.4 Å². The molecule has 0 atom stereocenters. The Morgan fingerprint density at radius 3 is 2.53 bits per heavy atom. The van der Waals surface area contributed by atoms with Crippen molar-refractivity contribution in [2.24, 2.45) is 0 Å². The van der Waals surface area contributed by atoms with E-state index in [-0.39, 0.29) is 29.9 Å². The Morgan fingerprint density at radius 1 is 1.03 bits per heavy atom. The standard InChI is InChI=1S/C24H24O6/c1-16-7-9-18(10-8-16)29-22-14-28-21-13-19(11-12-20(21)24(22)26)27-15-23(25)30-17-5-3-2-4-6-17/h7-14,17H,2-6,15H2,1H3. The van der Waals surface area contributed by atoms with Gasteiger partial charge in [-0.2, -0.15) is 0 Å². The van der Waals surface area contributed by atoms with Crippen LogP contribution in [0.1, 0.15) is 37.7 Å². The third-order valence-electron chi connectivity index (χ3n) is 5.17. The van der Waals surface area contributed by atoms with Crippen molar-refractivity contribution in [3.8, 4) is 17.2 Å². The van der Waals surface area contributed by atoms with Gasteiger partial charge in [-0.05, 0) is 56.9 Å². The summed E-state index contributed by atoms with van der Waals surface area (Å²) in [5, 5.41) is 0.372. The van der Waals surface area contributed by atoms with Gasteiger partial charge in [-0.1, -0.05) is 24.1 Å². The van der Waals surface area contributed by atoms with Crippen LogP contribution in [0.3, 0.4) is 0 Å². The van der Waals surface area contributed by atoms with E-state index in [1.807, 2.05) is 19.1 Å². The number of hydrogen-bond donors (Lipinski definition) is 0. The first-order valence-electron chi connectivity index (χ1n) is 10.2. The molecule has 0 saturated heterocycles. The minimum absolute atomic E-state index is 0.00331. The van der Waals surface area contributed by atoms with Crippen LogP contribution in [0.4, 0.5) is 0 Å². The molecule has 0 N–H and O–H groups in total. The maximum Gasteiger partial charge on any atom is 0.344 e. The van der Waals surface area contributed by atoms with Gasteiger partial charge in [0.15, 0.2) is 6.61 Å². The van der Waals surface area contributed by atoms with Crippen molar-refractivity contribution in [3.05, 3.63) is 64.5 Å². The van der Waals surface area contributed by atoms with Crippen molar-refractivity contribution >= 4 is 16.9 Å². The Labute approximate surface area is 174 Å². The van der Waals surface area contributed by atoms with Crippen molar-refractivity contribution in [3.63, 3.8) is 0 Å². The first-order valence-corrected chi connectivity index (χ1v) is 10.2. The van der Waals surface area contributed by atoms with Crippen molar-refractivity contribution in [1.29, 1.82) is 0 Å². The Kier molecular flexibility index (Phi) is 6.02. The average Bonchev–Trinajstić information content (AvgIpc) is 2.76. The monoisotopic (exact) mass is 408 g/mol. The molecule has 0 unspecified atom stereocenters. The SMILES string of the molecule is Cc1ccc(Oc2coc3cc(OCC(=O)OC4CCCCC4)ccc3c2=O)cc1. The minimum Gasteiger partial charge on any atom is -0.482 e. The summed E-state index contributed by atoms with van der Waals surface area (Å²) in [5.41, 5.74) is 1.18. The summed E-state index contributed by atoms with van der Waals surface area (Å²) < 4.78 is 22.2. The lowest BCUT2D eigenvalue weighted by atomic mass is 9.98. The van der Waals surface area contributed by atoms with E-state index in [4.69, 9.17) is 18.6 Å². The molecular formula is C24H24O6. The normalized spacial score (nSPS) is 14.4. The van der Waals surface area contributed by atoms with E-state index < -0.39 is 0 Å². The molecule has 156 valence electrons. The fraction of sp³-hybridized carbons (Fsp3) is 0.333. The largest absolute Gasteiger partial charge is 0.482 e. The molecule has 2 aromatic carbocycles.